The Balaban J connectivity index is 2.09. The molecule has 0 aromatic heterocycles. The maximum Gasteiger partial charge on any atom is 0.330 e. The van der Waals surface area contributed by atoms with Crippen molar-refractivity contribution in [3.8, 4) is 5.75 Å². The second kappa shape index (κ2) is 5.29. The van der Waals surface area contributed by atoms with Crippen LogP contribution >= 0.6 is 0 Å². The van der Waals surface area contributed by atoms with Crippen LogP contribution in [0.2, 0.25) is 0 Å². The molecule has 1 unspecified atom stereocenters. The van der Waals surface area contributed by atoms with Gasteiger partial charge in [0.05, 0.1) is 24.9 Å². The molecule has 2 rings (SSSR count). The lowest BCUT2D eigenvalue weighted by Gasteiger charge is -2.15. The predicted octanol–water partition coefficient (Wildman–Crippen LogP) is 2.23. The van der Waals surface area contributed by atoms with Gasteiger partial charge in [0.1, 0.15) is 11.8 Å². The average Bonchev–Trinajstić information content (AvgIpc) is 3.09. The number of anilines is 1. The molecule has 1 aliphatic rings. The fraction of sp³-hybridized carbons (Fsp3) is 0.500. The van der Waals surface area contributed by atoms with Crippen LogP contribution in [0.1, 0.15) is 20.8 Å². The van der Waals surface area contributed by atoms with Gasteiger partial charge >= 0.3 is 5.97 Å². The van der Waals surface area contributed by atoms with Gasteiger partial charge in [-0.25, -0.2) is 4.79 Å². The summed E-state index contributed by atoms with van der Waals surface area (Å²) in [6.07, 6.45) is 0.118. The number of hydrogen-bond acceptors (Lipinski definition) is 4. The molecule has 0 bridgehead atoms. The van der Waals surface area contributed by atoms with E-state index in [9.17, 15) is 4.79 Å². The molecule has 1 fully saturated rings. The first-order chi connectivity index (χ1) is 8.63. The van der Waals surface area contributed by atoms with Crippen LogP contribution in [0.5, 0.6) is 5.75 Å². The van der Waals surface area contributed by atoms with Crippen LogP contribution in [-0.2, 0) is 9.53 Å². The molecule has 4 heteroatoms. The summed E-state index contributed by atoms with van der Waals surface area (Å²) in [4.78, 5) is 13.6. The Kier molecular flexibility index (Phi) is 3.75. The highest BCUT2D eigenvalue weighted by molar-refractivity contribution is 5.87. The Labute approximate surface area is 107 Å². The van der Waals surface area contributed by atoms with E-state index in [2.05, 4.69) is 0 Å². The van der Waals surface area contributed by atoms with Crippen molar-refractivity contribution in [1.82, 2.24) is 0 Å². The maximum absolute atomic E-state index is 11.6. The number of ether oxygens (including phenoxy) is 2. The zero-order valence-corrected chi connectivity index (χ0v) is 11.1. The van der Waals surface area contributed by atoms with Crippen LogP contribution in [-0.4, -0.2) is 31.3 Å². The van der Waals surface area contributed by atoms with Crippen LogP contribution < -0.4 is 9.64 Å². The van der Waals surface area contributed by atoms with Gasteiger partial charge in [-0.2, -0.15) is 0 Å². The lowest BCUT2D eigenvalue weighted by Crippen LogP contribution is -2.16. The zero-order chi connectivity index (χ0) is 13.1. The van der Waals surface area contributed by atoms with Gasteiger partial charge < -0.3 is 14.4 Å². The van der Waals surface area contributed by atoms with Gasteiger partial charge in [-0.15, -0.1) is 0 Å². The summed E-state index contributed by atoms with van der Waals surface area (Å²) in [7, 11) is 0. The molecule has 1 heterocycles. The van der Waals surface area contributed by atoms with E-state index in [0.29, 0.717) is 13.2 Å². The first kappa shape index (κ1) is 12.7. The van der Waals surface area contributed by atoms with Crippen LogP contribution in [0.25, 0.3) is 0 Å². The zero-order valence-electron chi connectivity index (χ0n) is 11.1. The average molecular weight is 249 g/mol. The number of para-hydroxylation sites is 2. The molecule has 18 heavy (non-hydrogen) atoms. The monoisotopic (exact) mass is 249 g/mol. The summed E-state index contributed by atoms with van der Waals surface area (Å²) in [6.45, 7) is 6.93. The van der Waals surface area contributed by atoms with Gasteiger partial charge in [0.15, 0.2) is 0 Å². The molecule has 4 nitrogen and oxygen atoms in total. The summed E-state index contributed by atoms with van der Waals surface area (Å²) in [5.41, 5.74) is 0.962. The van der Waals surface area contributed by atoms with Crippen LogP contribution in [0.4, 0.5) is 5.69 Å². The second-order valence-corrected chi connectivity index (χ2v) is 4.55. The van der Waals surface area contributed by atoms with E-state index in [-0.39, 0.29) is 18.1 Å². The van der Waals surface area contributed by atoms with E-state index in [1.807, 2.05) is 49.9 Å². The predicted molar refractivity (Wildman–Crippen MR) is 70.0 cm³/mol. The van der Waals surface area contributed by atoms with Crippen molar-refractivity contribution in [2.75, 3.05) is 18.1 Å². The van der Waals surface area contributed by atoms with E-state index in [1.165, 1.54) is 0 Å². The number of benzene rings is 1. The van der Waals surface area contributed by atoms with Crippen molar-refractivity contribution in [2.45, 2.75) is 32.9 Å². The first-order valence-corrected chi connectivity index (χ1v) is 6.32. The Morgan fingerprint density at radius 3 is 2.83 bits per heavy atom. The molecule has 1 atom stereocenters. The Morgan fingerprint density at radius 1 is 1.44 bits per heavy atom. The smallest absolute Gasteiger partial charge is 0.330 e. The minimum absolute atomic E-state index is 0.118. The van der Waals surface area contributed by atoms with E-state index in [4.69, 9.17) is 9.47 Å². The normalized spacial score (nSPS) is 17.8. The Morgan fingerprint density at radius 2 is 2.17 bits per heavy atom. The number of nitrogens with zero attached hydrogens (tertiary/aromatic N) is 1. The van der Waals surface area contributed by atoms with E-state index in [1.54, 1.807) is 0 Å². The Bertz CT molecular complexity index is 431. The molecular weight excluding hydrogens is 230 g/mol. The van der Waals surface area contributed by atoms with Gasteiger partial charge in [0.25, 0.3) is 0 Å². The van der Waals surface area contributed by atoms with Crippen molar-refractivity contribution in [3.63, 3.8) is 0 Å². The number of rotatable bonds is 5. The van der Waals surface area contributed by atoms with Crippen LogP contribution in [0, 0.1) is 0 Å². The van der Waals surface area contributed by atoms with Crippen molar-refractivity contribution >= 4 is 11.7 Å². The summed E-state index contributed by atoms with van der Waals surface area (Å²) < 4.78 is 10.8. The van der Waals surface area contributed by atoms with Crippen molar-refractivity contribution in [2.24, 2.45) is 0 Å². The van der Waals surface area contributed by atoms with E-state index < -0.39 is 0 Å². The minimum Gasteiger partial charge on any atom is -0.489 e. The fourth-order valence-electron chi connectivity index (χ4n) is 1.89. The molecule has 0 amide bonds. The molecule has 1 aliphatic heterocycles. The number of carbonyl (C=O) groups is 1. The largest absolute Gasteiger partial charge is 0.489 e. The van der Waals surface area contributed by atoms with Crippen molar-refractivity contribution in [3.05, 3.63) is 24.3 Å². The highest BCUT2D eigenvalue weighted by Crippen LogP contribution is 2.36. The molecule has 98 valence electrons. The molecule has 0 N–H and O–H groups in total. The highest BCUT2D eigenvalue weighted by atomic mass is 16.5. The van der Waals surface area contributed by atoms with Crippen molar-refractivity contribution < 1.29 is 14.3 Å². The topological polar surface area (TPSA) is 38.5 Å². The van der Waals surface area contributed by atoms with Gasteiger partial charge in [-0.05, 0) is 32.9 Å². The van der Waals surface area contributed by atoms with Gasteiger partial charge in [-0.3, -0.25) is 0 Å². The molecule has 1 saturated heterocycles. The number of esters is 1. The maximum atomic E-state index is 11.6. The fourth-order valence-corrected chi connectivity index (χ4v) is 1.89. The molecule has 1 aromatic carbocycles. The van der Waals surface area contributed by atoms with Gasteiger partial charge in [-0.1, -0.05) is 12.1 Å². The second-order valence-electron chi connectivity index (χ2n) is 4.55. The lowest BCUT2D eigenvalue weighted by atomic mass is 10.3. The molecule has 0 radical (unpaired) electrons. The van der Waals surface area contributed by atoms with E-state index in [0.717, 1.165) is 11.4 Å². The minimum atomic E-state index is -0.156. The highest BCUT2D eigenvalue weighted by Gasteiger charge is 2.43. The molecule has 0 aliphatic carbocycles. The first-order valence-electron chi connectivity index (χ1n) is 6.32. The van der Waals surface area contributed by atoms with Crippen LogP contribution in [0.15, 0.2) is 24.3 Å². The summed E-state index contributed by atoms with van der Waals surface area (Å²) in [6, 6.07) is 7.63. The summed E-state index contributed by atoms with van der Waals surface area (Å²) >= 11 is 0. The third kappa shape index (κ3) is 2.75. The van der Waals surface area contributed by atoms with E-state index >= 15 is 0 Å². The number of carbonyl (C=O) groups excluding carboxylic acids is 1. The third-order valence-electron chi connectivity index (χ3n) is 2.71. The standard InChI is InChI=1S/C14H19NO3/c1-4-17-14(16)12-9-15(12)11-7-5-6-8-13(11)18-10(2)3/h5-8,10,12H,4,9H2,1-3H3. The molecule has 0 spiro atoms. The molecular formula is C14H19NO3. The quantitative estimate of drug-likeness (QED) is 0.592. The number of hydrogen-bond donors (Lipinski definition) is 0. The van der Waals surface area contributed by atoms with Gasteiger partial charge in [0.2, 0.25) is 0 Å². The summed E-state index contributed by atoms with van der Waals surface area (Å²) in [5.74, 6) is 0.663. The SMILES string of the molecule is CCOC(=O)C1CN1c1ccccc1OC(C)C. The van der Waals surface area contributed by atoms with Crippen molar-refractivity contribution in [1.29, 1.82) is 0 Å². The summed E-state index contributed by atoms with van der Waals surface area (Å²) in [5, 5.41) is 0. The molecule has 0 saturated carbocycles. The molecule has 1 aromatic rings. The lowest BCUT2D eigenvalue weighted by molar-refractivity contribution is -0.142. The third-order valence-corrected chi connectivity index (χ3v) is 2.71. The van der Waals surface area contributed by atoms with Crippen LogP contribution in [0.3, 0.4) is 0 Å². The van der Waals surface area contributed by atoms with Gasteiger partial charge in [0, 0.05) is 0 Å². The Hall–Kier alpha value is -1.71.